The molecule has 0 aliphatic heterocycles. The molecule has 1 aromatic heterocycles. The minimum atomic E-state index is 0.832. The van der Waals surface area contributed by atoms with E-state index in [9.17, 15) is 0 Å². The third kappa shape index (κ3) is 1.23. The van der Waals surface area contributed by atoms with Crippen molar-refractivity contribution in [1.82, 2.24) is 4.98 Å². The van der Waals surface area contributed by atoms with Gasteiger partial charge in [-0.25, -0.2) is 0 Å². The molecule has 0 amide bonds. The van der Waals surface area contributed by atoms with Crippen LogP contribution in [0.1, 0.15) is 0 Å². The first-order valence-corrected chi connectivity index (χ1v) is 4.83. The Labute approximate surface area is 79.2 Å². The van der Waals surface area contributed by atoms with Crippen LogP contribution in [0, 0.1) is 3.95 Å². The molecule has 1 aromatic carbocycles. The maximum atomic E-state index is 5.04. The van der Waals surface area contributed by atoms with Gasteiger partial charge in [-0.2, -0.15) is 0 Å². The third-order valence-corrected chi connectivity index (χ3v) is 2.91. The van der Waals surface area contributed by atoms with Crippen LogP contribution in [-0.4, -0.2) is 12.0 Å². The van der Waals surface area contributed by atoms with Crippen molar-refractivity contribution in [2.45, 2.75) is 0 Å². The predicted molar refractivity (Wildman–Crippen MR) is 56.6 cm³/mol. The van der Waals surface area contributed by atoms with E-state index in [4.69, 9.17) is 12.2 Å². The molecule has 0 saturated heterocycles. The van der Waals surface area contributed by atoms with Gasteiger partial charge < -0.3 is 10.3 Å². The number of nitrogens with one attached hydrogen (secondary N) is 2. The normalized spacial score (nSPS) is 10.4. The number of hydrogen-bond donors (Lipinski definition) is 2. The molecule has 2 rings (SSSR count). The summed E-state index contributed by atoms with van der Waals surface area (Å²) in [6.45, 7) is 0. The second kappa shape index (κ2) is 2.88. The van der Waals surface area contributed by atoms with Crippen LogP contribution in [0.2, 0.25) is 0 Å². The van der Waals surface area contributed by atoms with Gasteiger partial charge in [-0.3, -0.25) is 0 Å². The molecule has 2 nitrogen and oxygen atoms in total. The van der Waals surface area contributed by atoms with Crippen LogP contribution in [0.3, 0.4) is 0 Å². The molecule has 0 aliphatic carbocycles. The molecule has 0 bridgehead atoms. The number of rotatable bonds is 1. The summed E-state index contributed by atoms with van der Waals surface area (Å²) in [5.74, 6) is 0. The fourth-order valence-corrected chi connectivity index (χ4v) is 2.26. The van der Waals surface area contributed by atoms with Gasteiger partial charge in [-0.05, 0) is 30.4 Å². The average molecular weight is 196 g/mol. The lowest BCUT2D eigenvalue weighted by molar-refractivity contribution is 1.46. The second-order valence-electron chi connectivity index (χ2n) is 2.48. The Morgan fingerprint density at radius 3 is 3.08 bits per heavy atom. The van der Waals surface area contributed by atoms with Crippen molar-refractivity contribution in [2.24, 2.45) is 0 Å². The molecule has 0 fully saturated rings. The summed E-state index contributed by atoms with van der Waals surface area (Å²) in [5.41, 5.74) is 2.23. The number of aromatic amines is 1. The molecule has 4 heteroatoms. The molecule has 0 saturated carbocycles. The van der Waals surface area contributed by atoms with Crippen LogP contribution in [0.25, 0.3) is 10.2 Å². The zero-order valence-electron chi connectivity index (χ0n) is 6.55. The molecule has 0 spiro atoms. The SMILES string of the molecule is CNc1ccc2[nH]c(=S)sc2c1. The Hall–Kier alpha value is -0.870. The first-order valence-electron chi connectivity index (χ1n) is 3.60. The maximum absolute atomic E-state index is 5.04. The minimum absolute atomic E-state index is 0.832. The number of thiazole rings is 1. The molecule has 0 unspecified atom stereocenters. The number of anilines is 1. The molecule has 2 aromatic rings. The van der Waals surface area contributed by atoms with Gasteiger partial charge in [0.2, 0.25) is 0 Å². The van der Waals surface area contributed by atoms with Gasteiger partial charge in [0.25, 0.3) is 0 Å². The fourth-order valence-electron chi connectivity index (χ4n) is 1.10. The summed E-state index contributed by atoms with van der Waals surface area (Å²) < 4.78 is 2.03. The van der Waals surface area contributed by atoms with E-state index in [-0.39, 0.29) is 0 Å². The molecule has 62 valence electrons. The molecule has 12 heavy (non-hydrogen) atoms. The summed E-state index contributed by atoms with van der Waals surface area (Å²) in [6, 6.07) is 6.15. The Bertz CT molecular complexity index is 455. The molecule has 1 heterocycles. The number of fused-ring (bicyclic) bond motifs is 1. The van der Waals surface area contributed by atoms with Gasteiger partial charge in [-0.15, -0.1) is 11.3 Å². The summed E-state index contributed by atoms with van der Waals surface area (Å²) in [6.07, 6.45) is 0. The number of hydrogen-bond acceptors (Lipinski definition) is 3. The largest absolute Gasteiger partial charge is 0.388 e. The monoisotopic (exact) mass is 196 g/mol. The first kappa shape index (κ1) is 7.76. The summed E-state index contributed by atoms with van der Waals surface area (Å²) in [7, 11) is 1.91. The smallest absolute Gasteiger partial charge is 0.159 e. The van der Waals surface area contributed by atoms with Crippen molar-refractivity contribution in [3.8, 4) is 0 Å². The number of aromatic nitrogens is 1. The van der Waals surface area contributed by atoms with E-state index in [0.717, 1.165) is 15.2 Å². The fraction of sp³-hybridized carbons (Fsp3) is 0.125. The highest BCUT2D eigenvalue weighted by molar-refractivity contribution is 7.73. The van der Waals surface area contributed by atoms with E-state index in [1.165, 1.54) is 4.70 Å². The Kier molecular flexibility index (Phi) is 1.86. The molecule has 2 N–H and O–H groups in total. The van der Waals surface area contributed by atoms with Gasteiger partial charge in [0, 0.05) is 12.7 Å². The van der Waals surface area contributed by atoms with Crippen LogP contribution in [0.5, 0.6) is 0 Å². The molecule has 0 atom stereocenters. The van der Waals surface area contributed by atoms with Gasteiger partial charge >= 0.3 is 0 Å². The highest BCUT2D eigenvalue weighted by Crippen LogP contribution is 2.22. The van der Waals surface area contributed by atoms with Gasteiger partial charge in [0.15, 0.2) is 3.95 Å². The topological polar surface area (TPSA) is 27.8 Å². The van der Waals surface area contributed by atoms with Crippen molar-refractivity contribution in [2.75, 3.05) is 12.4 Å². The van der Waals surface area contributed by atoms with Crippen LogP contribution in [0.15, 0.2) is 18.2 Å². The molecular formula is C8H8N2S2. The van der Waals surface area contributed by atoms with Crippen molar-refractivity contribution < 1.29 is 0 Å². The molecule has 0 radical (unpaired) electrons. The van der Waals surface area contributed by atoms with Crippen LogP contribution in [-0.2, 0) is 0 Å². The first-order chi connectivity index (χ1) is 5.79. The van der Waals surface area contributed by atoms with Crippen LogP contribution < -0.4 is 5.32 Å². The Morgan fingerprint density at radius 2 is 2.33 bits per heavy atom. The van der Waals surface area contributed by atoms with E-state index in [0.29, 0.717) is 0 Å². The maximum Gasteiger partial charge on any atom is 0.159 e. The van der Waals surface area contributed by atoms with Crippen molar-refractivity contribution in [3.63, 3.8) is 0 Å². The zero-order chi connectivity index (χ0) is 8.55. The van der Waals surface area contributed by atoms with E-state index in [1.807, 2.05) is 19.2 Å². The van der Waals surface area contributed by atoms with E-state index >= 15 is 0 Å². The molecule has 0 aliphatic rings. The van der Waals surface area contributed by atoms with Gasteiger partial charge in [0.1, 0.15) is 0 Å². The summed E-state index contributed by atoms with van der Waals surface area (Å²) in [4.78, 5) is 3.12. The Balaban J connectivity index is 2.74. The standard InChI is InChI=1S/C8H8N2S2/c1-9-5-2-3-6-7(4-5)12-8(11)10-6/h2-4,9H,1H3,(H,10,11). The summed E-state index contributed by atoms with van der Waals surface area (Å²) in [5, 5.41) is 3.09. The number of H-pyrrole nitrogens is 1. The number of benzene rings is 1. The van der Waals surface area contributed by atoms with Crippen LogP contribution >= 0.6 is 23.6 Å². The lowest BCUT2D eigenvalue weighted by Crippen LogP contribution is -1.85. The lowest BCUT2D eigenvalue weighted by Gasteiger charge is -1.97. The van der Waals surface area contributed by atoms with E-state index in [2.05, 4.69) is 16.4 Å². The van der Waals surface area contributed by atoms with Crippen molar-refractivity contribution in [1.29, 1.82) is 0 Å². The van der Waals surface area contributed by atoms with Gasteiger partial charge in [-0.1, -0.05) is 0 Å². The Morgan fingerprint density at radius 1 is 1.50 bits per heavy atom. The average Bonchev–Trinajstić information content (AvgIpc) is 2.43. The third-order valence-electron chi connectivity index (χ3n) is 1.71. The summed E-state index contributed by atoms with van der Waals surface area (Å²) >= 11 is 6.64. The molecular weight excluding hydrogens is 188 g/mol. The van der Waals surface area contributed by atoms with Gasteiger partial charge in [0.05, 0.1) is 10.2 Å². The van der Waals surface area contributed by atoms with Crippen molar-refractivity contribution >= 4 is 39.5 Å². The highest BCUT2D eigenvalue weighted by atomic mass is 32.1. The second-order valence-corrected chi connectivity index (χ2v) is 4.19. The zero-order valence-corrected chi connectivity index (χ0v) is 8.18. The van der Waals surface area contributed by atoms with E-state index < -0.39 is 0 Å². The lowest BCUT2D eigenvalue weighted by atomic mass is 10.3. The van der Waals surface area contributed by atoms with Crippen LogP contribution in [0.4, 0.5) is 5.69 Å². The van der Waals surface area contributed by atoms with Crippen molar-refractivity contribution in [3.05, 3.63) is 22.2 Å². The predicted octanol–water partition coefficient (Wildman–Crippen LogP) is 3.00. The van der Waals surface area contributed by atoms with E-state index in [1.54, 1.807) is 11.3 Å². The highest BCUT2D eigenvalue weighted by Gasteiger charge is 1.96. The quantitative estimate of drug-likeness (QED) is 0.686. The minimum Gasteiger partial charge on any atom is -0.388 e.